The Labute approximate surface area is 121 Å². The van der Waals surface area contributed by atoms with Crippen LogP contribution in [0.5, 0.6) is 5.75 Å². The third-order valence-corrected chi connectivity index (χ3v) is 3.46. The summed E-state index contributed by atoms with van der Waals surface area (Å²) >= 11 is 0. The molecule has 0 fully saturated rings. The maximum absolute atomic E-state index is 14.0. The first-order valence-electron chi connectivity index (χ1n) is 6.84. The first kappa shape index (κ1) is 13.6. The Kier molecular flexibility index (Phi) is 3.60. The van der Waals surface area contributed by atoms with Gasteiger partial charge < -0.3 is 9.30 Å². The Morgan fingerprint density at radius 1 is 1.05 bits per heavy atom. The average molecular weight is 287 g/mol. The monoisotopic (exact) mass is 287 g/mol. The number of aromatic nitrogens is 1. The Morgan fingerprint density at radius 3 is 2.62 bits per heavy atom. The number of hydrogen-bond acceptors (Lipinski definition) is 1. The molecule has 0 atom stereocenters. The fourth-order valence-electron chi connectivity index (χ4n) is 2.53. The molecule has 0 saturated heterocycles. The van der Waals surface area contributed by atoms with Gasteiger partial charge in [0.2, 0.25) is 0 Å². The Bertz CT molecular complexity index is 780. The minimum atomic E-state index is -0.338. The molecule has 0 saturated carbocycles. The van der Waals surface area contributed by atoms with Crippen LogP contribution in [0.3, 0.4) is 0 Å². The van der Waals surface area contributed by atoms with Crippen molar-refractivity contribution < 1.29 is 13.5 Å². The predicted molar refractivity (Wildman–Crippen MR) is 78.3 cm³/mol. The van der Waals surface area contributed by atoms with Gasteiger partial charge in [0.1, 0.15) is 24.0 Å². The second kappa shape index (κ2) is 5.56. The van der Waals surface area contributed by atoms with E-state index in [1.54, 1.807) is 18.2 Å². The van der Waals surface area contributed by atoms with Crippen LogP contribution >= 0.6 is 0 Å². The second-order valence-corrected chi connectivity index (χ2v) is 4.80. The lowest BCUT2D eigenvalue weighted by molar-refractivity contribution is 0.294. The van der Waals surface area contributed by atoms with E-state index >= 15 is 0 Å². The zero-order valence-electron chi connectivity index (χ0n) is 11.6. The van der Waals surface area contributed by atoms with Crippen LogP contribution in [0.15, 0.2) is 48.5 Å². The van der Waals surface area contributed by atoms with Crippen LogP contribution < -0.4 is 4.74 Å². The van der Waals surface area contributed by atoms with E-state index in [0.717, 1.165) is 11.1 Å². The van der Waals surface area contributed by atoms with Crippen molar-refractivity contribution in [2.75, 3.05) is 0 Å². The fourth-order valence-corrected chi connectivity index (χ4v) is 2.53. The molecule has 1 heterocycles. The zero-order valence-corrected chi connectivity index (χ0v) is 11.6. The van der Waals surface area contributed by atoms with Gasteiger partial charge in [0, 0.05) is 18.0 Å². The number of ether oxygens (including phenoxy) is 1. The normalized spacial score (nSPS) is 11.0. The van der Waals surface area contributed by atoms with Gasteiger partial charge in [0.05, 0.1) is 11.2 Å². The summed E-state index contributed by atoms with van der Waals surface area (Å²) in [4.78, 5) is 0. The van der Waals surface area contributed by atoms with E-state index in [1.807, 2.05) is 23.6 Å². The van der Waals surface area contributed by atoms with E-state index in [-0.39, 0.29) is 18.2 Å². The standard InChI is InChI=1S/C17H15F2NO/c1-2-20-14(9-12-5-3-8-16(19)17(12)20)11-21-15-7-4-6-13(18)10-15/h3-10H,2,11H2,1H3. The van der Waals surface area contributed by atoms with Gasteiger partial charge in [0.15, 0.2) is 0 Å². The molecule has 2 nitrogen and oxygen atoms in total. The molecule has 3 aromatic rings. The van der Waals surface area contributed by atoms with Crippen molar-refractivity contribution in [1.82, 2.24) is 4.57 Å². The van der Waals surface area contributed by atoms with Gasteiger partial charge >= 0.3 is 0 Å². The molecule has 4 heteroatoms. The van der Waals surface area contributed by atoms with Gasteiger partial charge in [-0.2, -0.15) is 0 Å². The van der Waals surface area contributed by atoms with Crippen LogP contribution in [0.4, 0.5) is 8.78 Å². The number of aryl methyl sites for hydroxylation is 1. The third-order valence-electron chi connectivity index (χ3n) is 3.46. The molecule has 0 N–H and O–H groups in total. The summed E-state index contributed by atoms with van der Waals surface area (Å²) in [7, 11) is 0. The number of halogens is 2. The molecule has 21 heavy (non-hydrogen) atoms. The number of nitrogens with zero attached hydrogens (tertiary/aromatic N) is 1. The minimum Gasteiger partial charge on any atom is -0.487 e. The van der Waals surface area contributed by atoms with Crippen molar-refractivity contribution in [1.29, 1.82) is 0 Å². The van der Waals surface area contributed by atoms with Crippen molar-refractivity contribution in [2.24, 2.45) is 0 Å². The van der Waals surface area contributed by atoms with Crippen molar-refractivity contribution in [3.63, 3.8) is 0 Å². The van der Waals surface area contributed by atoms with Crippen LogP contribution in [-0.2, 0) is 13.2 Å². The van der Waals surface area contributed by atoms with E-state index in [1.165, 1.54) is 18.2 Å². The average Bonchev–Trinajstić information content (AvgIpc) is 2.84. The lowest BCUT2D eigenvalue weighted by Crippen LogP contribution is -2.05. The molecule has 0 amide bonds. The highest BCUT2D eigenvalue weighted by atomic mass is 19.1. The predicted octanol–water partition coefficient (Wildman–Crippen LogP) is 4.52. The highest BCUT2D eigenvalue weighted by Crippen LogP contribution is 2.24. The second-order valence-electron chi connectivity index (χ2n) is 4.80. The summed E-state index contributed by atoms with van der Waals surface area (Å²) in [6, 6.07) is 12.9. The number of para-hydroxylation sites is 1. The fraction of sp³-hybridized carbons (Fsp3) is 0.176. The molecule has 108 valence electrons. The smallest absolute Gasteiger partial charge is 0.147 e. The lowest BCUT2D eigenvalue weighted by atomic mass is 10.2. The summed E-state index contributed by atoms with van der Waals surface area (Å²) in [5.41, 5.74) is 1.44. The van der Waals surface area contributed by atoms with Gasteiger partial charge in [-0.3, -0.25) is 0 Å². The van der Waals surface area contributed by atoms with Crippen LogP contribution in [0.1, 0.15) is 12.6 Å². The largest absolute Gasteiger partial charge is 0.487 e. The van der Waals surface area contributed by atoms with Gasteiger partial charge in [-0.1, -0.05) is 18.2 Å². The zero-order chi connectivity index (χ0) is 14.8. The SMILES string of the molecule is CCn1c(COc2cccc(F)c2)cc2cccc(F)c21. The quantitative estimate of drug-likeness (QED) is 0.688. The number of benzene rings is 2. The van der Waals surface area contributed by atoms with Gasteiger partial charge in [-0.05, 0) is 31.2 Å². The lowest BCUT2D eigenvalue weighted by Gasteiger charge is -2.10. The van der Waals surface area contributed by atoms with Crippen molar-refractivity contribution >= 4 is 10.9 Å². The third kappa shape index (κ3) is 2.61. The summed E-state index contributed by atoms with van der Waals surface area (Å²) in [5, 5.41) is 0.842. The highest BCUT2D eigenvalue weighted by molar-refractivity contribution is 5.81. The van der Waals surface area contributed by atoms with Crippen molar-refractivity contribution in [3.05, 3.63) is 65.9 Å². The first-order valence-corrected chi connectivity index (χ1v) is 6.84. The highest BCUT2D eigenvalue weighted by Gasteiger charge is 2.11. The minimum absolute atomic E-state index is 0.244. The Morgan fingerprint density at radius 2 is 1.86 bits per heavy atom. The van der Waals surface area contributed by atoms with E-state index < -0.39 is 0 Å². The molecule has 3 rings (SSSR count). The summed E-state index contributed by atoms with van der Waals surface area (Å²) < 4.78 is 34.6. The maximum Gasteiger partial charge on any atom is 0.147 e. The number of fused-ring (bicyclic) bond motifs is 1. The number of rotatable bonds is 4. The Balaban J connectivity index is 1.92. The number of hydrogen-bond donors (Lipinski definition) is 0. The van der Waals surface area contributed by atoms with E-state index in [2.05, 4.69) is 0 Å². The molecule has 0 spiro atoms. The molecule has 0 radical (unpaired) electrons. The van der Waals surface area contributed by atoms with Crippen LogP contribution in [0, 0.1) is 11.6 Å². The molecule has 0 bridgehead atoms. The maximum atomic E-state index is 14.0. The van der Waals surface area contributed by atoms with Crippen LogP contribution in [0.25, 0.3) is 10.9 Å². The van der Waals surface area contributed by atoms with E-state index in [0.29, 0.717) is 17.8 Å². The van der Waals surface area contributed by atoms with Gasteiger partial charge in [0.25, 0.3) is 0 Å². The van der Waals surface area contributed by atoms with Crippen LogP contribution in [0.2, 0.25) is 0 Å². The molecular formula is C17H15F2NO. The summed E-state index contributed by atoms with van der Waals surface area (Å²) in [6.07, 6.45) is 0. The van der Waals surface area contributed by atoms with E-state index in [4.69, 9.17) is 4.74 Å². The topological polar surface area (TPSA) is 14.2 Å². The Hall–Kier alpha value is -2.36. The molecular weight excluding hydrogens is 272 g/mol. The van der Waals surface area contributed by atoms with Gasteiger partial charge in [-0.25, -0.2) is 8.78 Å². The summed E-state index contributed by atoms with van der Waals surface area (Å²) in [6.45, 7) is 2.87. The van der Waals surface area contributed by atoms with Crippen molar-refractivity contribution in [2.45, 2.75) is 20.1 Å². The molecule has 2 aromatic carbocycles. The summed E-state index contributed by atoms with van der Waals surface area (Å²) in [5.74, 6) is -0.121. The van der Waals surface area contributed by atoms with Crippen LogP contribution in [-0.4, -0.2) is 4.57 Å². The first-order chi connectivity index (χ1) is 10.2. The molecule has 0 aliphatic carbocycles. The van der Waals surface area contributed by atoms with Crippen molar-refractivity contribution in [3.8, 4) is 5.75 Å². The molecule has 0 aliphatic rings. The molecule has 0 unspecified atom stereocenters. The van der Waals surface area contributed by atoms with Gasteiger partial charge in [-0.15, -0.1) is 0 Å². The molecule has 0 aliphatic heterocycles. The molecule has 1 aromatic heterocycles. The van der Waals surface area contributed by atoms with E-state index in [9.17, 15) is 8.78 Å².